The predicted octanol–water partition coefficient (Wildman–Crippen LogP) is 1.65. The van der Waals surface area contributed by atoms with E-state index in [1.54, 1.807) is 18.2 Å². The fourth-order valence-electron chi connectivity index (χ4n) is 0.996. The monoisotopic (exact) mass is 184 g/mol. The summed E-state index contributed by atoms with van der Waals surface area (Å²) in [5.41, 5.74) is 1.05. The molecule has 2 nitrogen and oxygen atoms in total. The lowest BCUT2D eigenvalue weighted by Crippen LogP contribution is -1.97. The highest BCUT2D eigenvalue weighted by atomic mass is 32.2. The van der Waals surface area contributed by atoms with Crippen molar-refractivity contribution in [1.82, 2.24) is 0 Å². The van der Waals surface area contributed by atoms with Gasteiger partial charge in [-0.15, -0.1) is 0 Å². The third-order valence-electron chi connectivity index (χ3n) is 1.73. The van der Waals surface area contributed by atoms with E-state index in [1.807, 2.05) is 13.0 Å². The van der Waals surface area contributed by atoms with Crippen LogP contribution in [0.5, 0.6) is 0 Å². The summed E-state index contributed by atoms with van der Waals surface area (Å²) in [5.74, 6) is 0. The van der Waals surface area contributed by atoms with Gasteiger partial charge in [0.1, 0.15) is 0 Å². The van der Waals surface area contributed by atoms with Crippen LogP contribution in [0.4, 0.5) is 0 Å². The Morgan fingerprint density at radius 2 is 2.00 bits per heavy atom. The van der Waals surface area contributed by atoms with Gasteiger partial charge in [-0.3, -0.25) is 0 Å². The summed E-state index contributed by atoms with van der Waals surface area (Å²) in [6.07, 6.45) is 2.09. The number of sulfone groups is 1. The van der Waals surface area contributed by atoms with Crippen molar-refractivity contribution in [2.45, 2.75) is 18.2 Å². The normalized spacial score (nSPS) is 11.5. The van der Waals surface area contributed by atoms with Gasteiger partial charge in [0.2, 0.25) is 0 Å². The minimum atomic E-state index is -3.04. The first-order chi connectivity index (χ1) is 5.54. The van der Waals surface area contributed by atoms with Gasteiger partial charge in [0.05, 0.1) is 4.90 Å². The van der Waals surface area contributed by atoms with Crippen LogP contribution in [0.2, 0.25) is 0 Å². The van der Waals surface area contributed by atoms with Crippen LogP contribution in [0.3, 0.4) is 0 Å². The lowest BCUT2D eigenvalue weighted by molar-refractivity contribution is 0.602. The molecule has 1 rings (SSSR count). The van der Waals surface area contributed by atoms with Crippen molar-refractivity contribution in [2.75, 3.05) is 6.26 Å². The van der Waals surface area contributed by atoms with E-state index in [-0.39, 0.29) is 0 Å². The molecule has 0 spiro atoms. The zero-order valence-electron chi connectivity index (χ0n) is 7.24. The topological polar surface area (TPSA) is 34.1 Å². The molecule has 3 heteroatoms. The molecule has 0 amide bonds. The third kappa shape index (κ3) is 2.08. The molecule has 12 heavy (non-hydrogen) atoms. The van der Waals surface area contributed by atoms with Crippen LogP contribution in [0.1, 0.15) is 12.5 Å². The minimum absolute atomic E-state index is 0.404. The van der Waals surface area contributed by atoms with Crippen LogP contribution in [-0.2, 0) is 16.3 Å². The predicted molar refractivity (Wildman–Crippen MR) is 48.9 cm³/mol. The summed E-state index contributed by atoms with van der Waals surface area (Å²) >= 11 is 0. The van der Waals surface area contributed by atoms with Crippen LogP contribution in [0.25, 0.3) is 0 Å². The molecule has 0 N–H and O–H groups in total. The average Bonchev–Trinajstić information content (AvgIpc) is 2.03. The molecule has 1 aromatic carbocycles. The van der Waals surface area contributed by atoms with Crippen LogP contribution >= 0.6 is 0 Å². The van der Waals surface area contributed by atoms with E-state index >= 15 is 0 Å². The van der Waals surface area contributed by atoms with E-state index in [1.165, 1.54) is 6.26 Å². The Hall–Kier alpha value is -0.830. The standard InChI is InChI=1S/C9H12O2S/c1-3-8-5-4-6-9(7-8)12(2,10)11/h4-7H,3H2,1-2H3. The van der Waals surface area contributed by atoms with Gasteiger partial charge in [0.25, 0.3) is 0 Å². The number of hydrogen-bond donors (Lipinski definition) is 0. The Morgan fingerprint density at radius 1 is 1.33 bits per heavy atom. The summed E-state index contributed by atoms with van der Waals surface area (Å²) < 4.78 is 22.2. The Bertz CT molecular complexity index is 366. The molecular weight excluding hydrogens is 172 g/mol. The molecule has 66 valence electrons. The highest BCUT2D eigenvalue weighted by Crippen LogP contribution is 2.11. The molecule has 0 saturated carbocycles. The zero-order chi connectivity index (χ0) is 9.19. The second kappa shape index (κ2) is 3.27. The van der Waals surface area contributed by atoms with Crippen LogP contribution in [-0.4, -0.2) is 14.7 Å². The maximum absolute atomic E-state index is 11.1. The van der Waals surface area contributed by atoms with Crippen molar-refractivity contribution < 1.29 is 8.42 Å². The lowest BCUT2D eigenvalue weighted by Gasteiger charge is -2.00. The van der Waals surface area contributed by atoms with Crippen molar-refractivity contribution in [3.63, 3.8) is 0 Å². The highest BCUT2D eigenvalue weighted by molar-refractivity contribution is 7.90. The molecular formula is C9H12O2S. The van der Waals surface area contributed by atoms with Crippen LogP contribution in [0.15, 0.2) is 29.2 Å². The van der Waals surface area contributed by atoms with E-state index in [0.717, 1.165) is 12.0 Å². The fourth-order valence-corrected chi connectivity index (χ4v) is 1.69. The summed E-state index contributed by atoms with van der Waals surface area (Å²) in [6.45, 7) is 2.00. The molecule has 0 aromatic heterocycles. The lowest BCUT2D eigenvalue weighted by atomic mass is 10.2. The van der Waals surface area contributed by atoms with Crippen LogP contribution in [0, 0.1) is 0 Å². The van der Waals surface area contributed by atoms with E-state index < -0.39 is 9.84 Å². The summed E-state index contributed by atoms with van der Waals surface area (Å²) in [4.78, 5) is 0.404. The van der Waals surface area contributed by atoms with Gasteiger partial charge in [-0.1, -0.05) is 19.1 Å². The van der Waals surface area contributed by atoms with Gasteiger partial charge in [-0.2, -0.15) is 0 Å². The van der Waals surface area contributed by atoms with Crippen molar-refractivity contribution in [3.8, 4) is 0 Å². The Labute approximate surface area is 73.2 Å². The number of benzene rings is 1. The first-order valence-electron chi connectivity index (χ1n) is 3.83. The van der Waals surface area contributed by atoms with Gasteiger partial charge in [-0.05, 0) is 24.1 Å². The molecule has 0 unspecified atom stereocenters. The molecule has 0 saturated heterocycles. The fraction of sp³-hybridized carbons (Fsp3) is 0.333. The van der Waals surface area contributed by atoms with Crippen molar-refractivity contribution in [1.29, 1.82) is 0 Å². The summed E-state index contributed by atoms with van der Waals surface area (Å²) in [5, 5.41) is 0. The average molecular weight is 184 g/mol. The third-order valence-corrected chi connectivity index (χ3v) is 2.85. The van der Waals surface area contributed by atoms with Gasteiger partial charge in [-0.25, -0.2) is 8.42 Å². The summed E-state index contributed by atoms with van der Waals surface area (Å²) in [7, 11) is -3.04. The first kappa shape index (κ1) is 9.26. The molecule has 0 atom stereocenters. The maximum atomic E-state index is 11.1. The molecule has 0 aliphatic rings. The SMILES string of the molecule is CCc1cccc(S(C)(=O)=O)c1. The number of aryl methyl sites for hydroxylation is 1. The molecule has 0 radical (unpaired) electrons. The van der Waals surface area contributed by atoms with E-state index in [0.29, 0.717) is 4.90 Å². The smallest absolute Gasteiger partial charge is 0.175 e. The zero-order valence-corrected chi connectivity index (χ0v) is 8.06. The Kier molecular flexibility index (Phi) is 2.52. The maximum Gasteiger partial charge on any atom is 0.175 e. The molecule has 0 aliphatic carbocycles. The minimum Gasteiger partial charge on any atom is -0.224 e. The van der Waals surface area contributed by atoms with Crippen molar-refractivity contribution in [2.24, 2.45) is 0 Å². The van der Waals surface area contributed by atoms with Crippen molar-refractivity contribution >= 4 is 9.84 Å². The Morgan fingerprint density at radius 3 is 2.50 bits per heavy atom. The molecule has 0 heterocycles. The van der Waals surface area contributed by atoms with E-state index in [4.69, 9.17) is 0 Å². The molecule has 0 fully saturated rings. The molecule has 0 aliphatic heterocycles. The van der Waals surface area contributed by atoms with Gasteiger partial charge < -0.3 is 0 Å². The number of rotatable bonds is 2. The Balaban J connectivity index is 3.20. The van der Waals surface area contributed by atoms with E-state index in [2.05, 4.69) is 0 Å². The summed E-state index contributed by atoms with van der Waals surface area (Å²) in [6, 6.07) is 7.04. The first-order valence-corrected chi connectivity index (χ1v) is 5.72. The molecule has 1 aromatic rings. The highest BCUT2D eigenvalue weighted by Gasteiger charge is 2.05. The van der Waals surface area contributed by atoms with Crippen molar-refractivity contribution in [3.05, 3.63) is 29.8 Å². The second-order valence-electron chi connectivity index (χ2n) is 2.77. The molecule has 0 bridgehead atoms. The second-order valence-corrected chi connectivity index (χ2v) is 4.79. The van der Waals surface area contributed by atoms with E-state index in [9.17, 15) is 8.42 Å². The van der Waals surface area contributed by atoms with Crippen LogP contribution < -0.4 is 0 Å². The van der Waals surface area contributed by atoms with Gasteiger partial charge in [0.15, 0.2) is 9.84 Å². The van der Waals surface area contributed by atoms with Gasteiger partial charge in [0, 0.05) is 6.26 Å². The number of hydrogen-bond acceptors (Lipinski definition) is 2. The quantitative estimate of drug-likeness (QED) is 0.700. The largest absolute Gasteiger partial charge is 0.224 e. The van der Waals surface area contributed by atoms with Gasteiger partial charge >= 0.3 is 0 Å².